The SMILES string of the molecule is C[C@H]1CN2C[C@H](NC(=O)CCc3cn[nH]c3)C[C@H]2CO1.O=CO. The third-order valence-electron chi connectivity index (χ3n) is 4.15. The van der Waals surface area contributed by atoms with Crippen LogP contribution >= 0.6 is 0 Å². The summed E-state index contributed by atoms with van der Waals surface area (Å²) in [6, 6.07) is 0.746. The lowest BCUT2D eigenvalue weighted by Crippen LogP contribution is -2.45. The van der Waals surface area contributed by atoms with E-state index in [2.05, 4.69) is 27.3 Å². The molecule has 1 amide bonds. The number of carbonyl (C=O) groups excluding carboxylic acids is 1. The second-order valence-corrected chi connectivity index (χ2v) is 5.96. The molecule has 23 heavy (non-hydrogen) atoms. The van der Waals surface area contributed by atoms with Crippen molar-refractivity contribution in [2.24, 2.45) is 0 Å². The number of nitrogens with zero attached hydrogens (tertiary/aromatic N) is 2. The normalized spacial score (nSPS) is 26.7. The summed E-state index contributed by atoms with van der Waals surface area (Å²) < 4.78 is 5.68. The Hall–Kier alpha value is -1.93. The van der Waals surface area contributed by atoms with Crippen molar-refractivity contribution in [3.63, 3.8) is 0 Å². The van der Waals surface area contributed by atoms with Gasteiger partial charge in [0.15, 0.2) is 0 Å². The molecule has 3 atom stereocenters. The summed E-state index contributed by atoms with van der Waals surface area (Å²) in [6.07, 6.45) is 6.17. The van der Waals surface area contributed by atoms with Gasteiger partial charge in [0.2, 0.25) is 5.91 Å². The van der Waals surface area contributed by atoms with E-state index >= 15 is 0 Å². The zero-order chi connectivity index (χ0) is 16.7. The number of amides is 1. The van der Waals surface area contributed by atoms with Gasteiger partial charge in [-0.2, -0.15) is 5.10 Å². The van der Waals surface area contributed by atoms with Crippen LogP contribution in [0.15, 0.2) is 12.4 Å². The molecule has 3 heterocycles. The maximum atomic E-state index is 12.0. The molecule has 0 aliphatic carbocycles. The molecule has 2 fully saturated rings. The average Bonchev–Trinajstić information content (AvgIpc) is 3.14. The molecule has 2 aliphatic rings. The van der Waals surface area contributed by atoms with Crippen molar-refractivity contribution in [2.75, 3.05) is 19.7 Å². The van der Waals surface area contributed by atoms with Crippen LogP contribution in [0.1, 0.15) is 25.3 Å². The fourth-order valence-electron chi connectivity index (χ4n) is 3.12. The molecule has 2 saturated heterocycles. The lowest BCUT2D eigenvalue weighted by molar-refractivity contribution is -0.123. The molecule has 0 bridgehead atoms. The van der Waals surface area contributed by atoms with E-state index in [1.54, 1.807) is 6.20 Å². The van der Waals surface area contributed by atoms with Crippen molar-refractivity contribution in [1.82, 2.24) is 20.4 Å². The van der Waals surface area contributed by atoms with Gasteiger partial charge in [0.25, 0.3) is 6.47 Å². The van der Waals surface area contributed by atoms with Gasteiger partial charge < -0.3 is 15.2 Å². The monoisotopic (exact) mass is 324 g/mol. The van der Waals surface area contributed by atoms with Crippen LogP contribution in [0.2, 0.25) is 0 Å². The molecule has 3 N–H and O–H groups in total. The van der Waals surface area contributed by atoms with E-state index in [-0.39, 0.29) is 18.4 Å². The fraction of sp³-hybridized carbons (Fsp3) is 0.667. The lowest BCUT2D eigenvalue weighted by Gasteiger charge is -2.33. The molecule has 8 nitrogen and oxygen atoms in total. The van der Waals surface area contributed by atoms with Gasteiger partial charge >= 0.3 is 0 Å². The number of aromatic amines is 1. The minimum Gasteiger partial charge on any atom is -0.483 e. The van der Waals surface area contributed by atoms with Gasteiger partial charge in [-0.3, -0.25) is 19.6 Å². The lowest BCUT2D eigenvalue weighted by atomic mass is 10.1. The number of aryl methyl sites for hydroxylation is 1. The molecule has 0 saturated carbocycles. The molecule has 0 unspecified atom stereocenters. The van der Waals surface area contributed by atoms with Crippen LogP contribution in [0.4, 0.5) is 0 Å². The van der Waals surface area contributed by atoms with Gasteiger partial charge in [-0.1, -0.05) is 0 Å². The van der Waals surface area contributed by atoms with E-state index in [0.717, 1.165) is 38.1 Å². The first-order valence-electron chi connectivity index (χ1n) is 7.83. The quantitative estimate of drug-likeness (QED) is 0.674. The molecule has 2 aliphatic heterocycles. The van der Waals surface area contributed by atoms with E-state index in [1.165, 1.54) is 0 Å². The van der Waals surface area contributed by atoms with E-state index in [1.807, 2.05) is 6.20 Å². The number of ether oxygens (including phenoxy) is 1. The van der Waals surface area contributed by atoms with Crippen molar-refractivity contribution < 1.29 is 19.4 Å². The number of nitrogens with one attached hydrogen (secondary N) is 2. The number of hydrogen-bond donors (Lipinski definition) is 3. The third kappa shape index (κ3) is 5.33. The Labute approximate surface area is 135 Å². The standard InChI is InChI=1S/C14H22N4O2.CH2O2/c1-10-7-18-8-12(4-13(18)9-20-10)17-14(19)3-2-11-5-15-16-6-11;2-1-3/h5-6,10,12-13H,2-4,7-9H2,1H3,(H,15,16)(H,17,19);1H,(H,2,3)/t10-,12+,13-;/m0./s1. The zero-order valence-electron chi connectivity index (χ0n) is 13.3. The summed E-state index contributed by atoms with van der Waals surface area (Å²) in [4.78, 5) is 22.8. The second kappa shape index (κ2) is 8.64. The van der Waals surface area contributed by atoms with Crippen molar-refractivity contribution >= 4 is 12.4 Å². The van der Waals surface area contributed by atoms with Crippen LogP contribution < -0.4 is 5.32 Å². The van der Waals surface area contributed by atoms with Crippen LogP contribution in [0.5, 0.6) is 0 Å². The summed E-state index contributed by atoms with van der Waals surface area (Å²) >= 11 is 0. The van der Waals surface area contributed by atoms with Crippen LogP contribution in [-0.4, -0.2) is 70.5 Å². The summed E-state index contributed by atoms with van der Waals surface area (Å²) in [5, 5.41) is 16.7. The predicted molar refractivity (Wildman–Crippen MR) is 82.9 cm³/mol. The second-order valence-electron chi connectivity index (χ2n) is 5.96. The van der Waals surface area contributed by atoms with Gasteiger partial charge in [-0.05, 0) is 25.3 Å². The molecule has 0 spiro atoms. The highest BCUT2D eigenvalue weighted by Crippen LogP contribution is 2.23. The Morgan fingerprint density at radius 1 is 1.61 bits per heavy atom. The Balaban J connectivity index is 0.000000595. The van der Waals surface area contributed by atoms with E-state index < -0.39 is 0 Å². The van der Waals surface area contributed by atoms with Crippen molar-refractivity contribution in [3.05, 3.63) is 18.0 Å². The van der Waals surface area contributed by atoms with Gasteiger partial charge in [-0.25, -0.2) is 0 Å². The van der Waals surface area contributed by atoms with Gasteiger partial charge in [0.1, 0.15) is 0 Å². The highest BCUT2D eigenvalue weighted by atomic mass is 16.5. The topological polar surface area (TPSA) is 108 Å². The Kier molecular flexibility index (Phi) is 6.54. The Morgan fingerprint density at radius 2 is 2.39 bits per heavy atom. The molecule has 0 aromatic carbocycles. The largest absolute Gasteiger partial charge is 0.483 e. The minimum atomic E-state index is -0.250. The van der Waals surface area contributed by atoms with Crippen molar-refractivity contribution in [1.29, 1.82) is 0 Å². The molecular weight excluding hydrogens is 300 g/mol. The summed E-state index contributed by atoms with van der Waals surface area (Å²) in [7, 11) is 0. The number of hydrogen-bond acceptors (Lipinski definition) is 5. The maximum Gasteiger partial charge on any atom is 0.290 e. The number of aromatic nitrogens is 2. The van der Waals surface area contributed by atoms with Crippen LogP contribution in [0.25, 0.3) is 0 Å². The molecular formula is C15H24N4O4. The smallest absolute Gasteiger partial charge is 0.290 e. The zero-order valence-corrected chi connectivity index (χ0v) is 13.3. The molecule has 1 aromatic rings. The summed E-state index contributed by atoms with van der Waals surface area (Å²) in [6.45, 7) is 4.58. The van der Waals surface area contributed by atoms with Gasteiger partial charge in [0, 0.05) is 37.8 Å². The van der Waals surface area contributed by atoms with Crippen LogP contribution in [0, 0.1) is 0 Å². The molecule has 3 rings (SSSR count). The molecule has 1 aromatic heterocycles. The van der Waals surface area contributed by atoms with Crippen molar-refractivity contribution in [2.45, 2.75) is 44.4 Å². The number of H-pyrrole nitrogens is 1. The number of carbonyl (C=O) groups is 2. The van der Waals surface area contributed by atoms with Crippen LogP contribution in [0.3, 0.4) is 0 Å². The predicted octanol–water partition coefficient (Wildman–Crippen LogP) is 0.0209. The molecule has 128 valence electrons. The first kappa shape index (κ1) is 17.4. The van der Waals surface area contributed by atoms with E-state index in [4.69, 9.17) is 14.6 Å². The maximum absolute atomic E-state index is 12.0. The van der Waals surface area contributed by atoms with Gasteiger partial charge in [0.05, 0.1) is 18.9 Å². The number of fused-ring (bicyclic) bond motifs is 1. The van der Waals surface area contributed by atoms with Crippen molar-refractivity contribution in [3.8, 4) is 0 Å². The minimum absolute atomic E-state index is 0.130. The summed E-state index contributed by atoms with van der Waals surface area (Å²) in [5.74, 6) is 0.130. The Bertz CT molecular complexity index is 494. The number of rotatable bonds is 4. The molecule has 0 radical (unpaired) electrons. The van der Waals surface area contributed by atoms with E-state index in [9.17, 15) is 4.79 Å². The third-order valence-corrected chi connectivity index (χ3v) is 4.15. The highest BCUT2D eigenvalue weighted by molar-refractivity contribution is 5.76. The Morgan fingerprint density at radius 3 is 3.09 bits per heavy atom. The van der Waals surface area contributed by atoms with Crippen LogP contribution in [-0.2, 0) is 20.7 Å². The average molecular weight is 324 g/mol. The molecule has 8 heteroatoms. The number of morpholine rings is 1. The first-order valence-corrected chi connectivity index (χ1v) is 7.83. The van der Waals surface area contributed by atoms with Gasteiger partial charge in [-0.15, -0.1) is 0 Å². The summed E-state index contributed by atoms with van der Waals surface area (Å²) in [5.41, 5.74) is 1.08. The van der Waals surface area contributed by atoms with E-state index in [0.29, 0.717) is 18.6 Å². The highest BCUT2D eigenvalue weighted by Gasteiger charge is 2.36. The first-order chi connectivity index (χ1) is 11.1. The number of carboxylic acid groups (broad SMARTS) is 1. The fourth-order valence-corrected chi connectivity index (χ4v) is 3.12.